The van der Waals surface area contributed by atoms with Crippen molar-refractivity contribution in [3.8, 4) is 0 Å². The van der Waals surface area contributed by atoms with Gasteiger partial charge in [0.1, 0.15) is 6.61 Å². The van der Waals surface area contributed by atoms with Crippen LogP contribution in [0.1, 0.15) is 44.6 Å². The fourth-order valence-corrected chi connectivity index (χ4v) is 4.56. The summed E-state index contributed by atoms with van der Waals surface area (Å²) < 4.78 is 33.2. The Hall–Kier alpha value is -1.67. The maximum absolute atomic E-state index is 13.9. The molecular weight excluding hydrogens is 470 g/mol. The quantitative estimate of drug-likeness (QED) is 0.533. The second-order valence-electron chi connectivity index (χ2n) is 8.87. The molecule has 1 heterocycles. The van der Waals surface area contributed by atoms with Gasteiger partial charge in [0.15, 0.2) is 5.60 Å². The molecule has 1 aliphatic heterocycles. The lowest BCUT2D eigenvalue weighted by Gasteiger charge is -2.33. The Labute approximate surface area is 192 Å². The van der Waals surface area contributed by atoms with Gasteiger partial charge in [0, 0.05) is 37.7 Å². The summed E-state index contributed by atoms with van der Waals surface area (Å²) in [5.74, 6) is -3.81. The number of halogens is 3. The third kappa shape index (κ3) is 5.22. The molecule has 2 saturated carbocycles. The van der Waals surface area contributed by atoms with Crippen LogP contribution in [0.25, 0.3) is 0 Å². The molecule has 31 heavy (non-hydrogen) atoms. The van der Waals surface area contributed by atoms with Gasteiger partial charge in [-0.1, -0.05) is 30.3 Å². The minimum absolute atomic E-state index is 0. The van der Waals surface area contributed by atoms with E-state index in [2.05, 4.69) is 22.9 Å². The Morgan fingerprint density at radius 1 is 1.19 bits per heavy atom. The molecule has 0 aromatic heterocycles. The van der Waals surface area contributed by atoms with Gasteiger partial charge in [0.05, 0.1) is 12.7 Å². The predicted octanol–water partition coefficient (Wildman–Crippen LogP) is 0.702. The van der Waals surface area contributed by atoms with Crippen LogP contribution in [0, 0.1) is 11.8 Å². The van der Waals surface area contributed by atoms with Crippen LogP contribution in [-0.4, -0.2) is 52.7 Å². The zero-order chi connectivity index (χ0) is 21.4. The molecule has 0 spiro atoms. The molecule has 3 aliphatic rings. The average Bonchev–Trinajstić information content (AvgIpc) is 3.39. The van der Waals surface area contributed by atoms with Gasteiger partial charge in [-0.3, -0.25) is 0 Å². The molecule has 0 amide bonds. The van der Waals surface area contributed by atoms with Crippen LogP contribution in [0.4, 0.5) is 8.78 Å². The molecule has 2 aliphatic carbocycles. The number of nitrogens with zero attached hydrogens (tertiary/aromatic N) is 2. The van der Waals surface area contributed by atoms with Crippen molar-refractivity contribution >= 4 is 5.97 Å². The van der Waals surface area contributed by atoms with E-state index < -0.39 is 29.8 Å². The maximum Gasteiger partial charge on any atom is 0.343 e. The van der Waals surface area contributed by atoms with E-state index in [4.69, 9.17) is 4.74 Å². The van der Waals surface area contributed by atoms with Crippen LogP contribution in [0.15, 0.2) is 42.7 Å². The lowest BCUT2D eigenvalue weighted by Crippen LogP contribution is -3.00. The molecule has 0 bridgehead atoms. The van der Waals surface area contributed by atoms with Gasteiger partial charge in [-0.05, 0) is 37.7 Å². The van der Waals surface area contributed by atoms with Gasteiger partial charge < -0.3 is 36.6 Å². The van der Waals surface area contributed by atoms with Gasteiger partial charge in [0.25, 0.3) is 0 Å². The number of benzene rings is 1. The molecule has 1 unspecified atom stereocenters. The summed E-state index contributed by atoms with van der Waals surface area (Å²) in [7, 11) is 0. The van der Waals surface area contributed by atoms with E-state index in [0.717, 1.165) is 12.5 Å². The van der Waals surface area contributed by atoms with E-state index in [1.807, 2.05) is 6.20 Å². The Morgan fingerprint density at radius 3 is 2.48 bits per heavy atom. The van der Waals surface area contributed by atoms with E-state index >= 15 is 0 Å². The van der Waals surface area contributed by atoms with Crippen molar-refractivity contribution in [2.45, 2.75) is 56.7 Å². The number of hydrogen-bond acceptors (Lipinski definition) is 5. The third-order valence-corrected chi connectivity index (χ3v) is 6.68. The first-order valence-electron chi connectivity index (χ1n) is 10.8. The highest BCUT2D eigenvalue weighted by atomic mass is 79.9. The SMILES string of the molecule is CC1N(CCOC(=O)[C@](O)(c2ccccc2)[C@@H]2CCC(F)(F)C2)C=CN1CC1CC1.[Br-]. The number of rotatable bonds is 8. The normalized spacial score (nSPS) is 26.5. The Bertz CT molecular complexity index is 790. The lowest BCUT2D eigenvalue weighted by atomic mass is 9.80. The van der Waals surface area contributed by atoms with Crippen molar-refractivity contribution in [2.75, 3.05) is 19.7 Å². The third-order valence-electron chi connectivity index (χ3n) is 6.68. The van der Waals surface area contributed by atoms with Crippen molar-refractivity contribution in [3.63, 3.8) is 0 Å². The highest BCUT2D eigenvalue weighted by Crippen LogP contribution is 2.47. The summed E-state index contributed by atoms with van der Waals surface area (Å²) in [6, 6.07) is 8.32. The predicted molar refractivity (Wildman–Crippen MR) is 108 cm³/mol. The Morgan fingerprint density at radius 2 is 1.87 bits per heavy atom. The van der Waals surface area contributed by atoms with E-state index in [1.165, 1.54) is 12.8 Å². The number of alkyl halides is 2. The molecule has 0 saturated heterocycles. The van der Waals surface area contributed by atoms with Crippen LogP contribution in [0.5, 0.6) is 0 Å². The highest BCUT2D eigenvalue weighted by molar-refractivity contribution is 5.81. The summed E-state index contributed by atoms with van der Waals surface area (Å²) >= 11 is 0. The summed E-state index contributed by atoms with van der Waals surface area (Å²) in [6.45, 7) is 3.71. The number of carbonyl (C=O) groups excluding carboxylic acids is 1. The molecule has 1 N–H and O–H groups in total. The zero-order valence-electron chi connectivity index (χ0n) is 17.7. The summed E-state index contributed by atoms with van der Waals surface area (Å²) in [5.41, 5.74) is -1.76. The second-order valence-corrected chi connectivity index (χ2v) is 8.87. The number of ether oxygens (including phenoxy) is 1. The van der Waals surface area contributed by atoms with E-state index in [1.54, 1.807) is 30.3 Å². The molecule has 1 aromatic carbocycles. The molecule has 5 nitrogen and oxygen atoms in total. The van der Waals surface area contributed by atoms with Gasteiger partial charge in [-0.15, -0.1) is 0 Å². The molecule has 2 fully saturated rings. The van der Waals surface area contributed by atoms with E-state index in [9.17, 15) is 18.7 Å². The van der Waals surface area contributed by atoms with Crippen molar-refractivity contribution in [1.82, 2.24) is 9.80 Å². The summed E-state index contributed by atoms with van der Waals surface area (Å²) in [4.78, 5) is 17.3. The van der Waals surface area contributed by atoms with Crippen molar-refractivity contribution in [3.05, 3.63) is 48.3 Å². The maximum atomic E-state index is 13.9. The van der Waals surface area contributed by atoms with E-state index in [-0.39, 0.29) is 42.6 Å². The van der Waals surface area contributed by atoms with Crippen molar-refractivity contribution < 1.29 is 40.4 Å². The molecular formula is C23H30BrF2N2O3-. The topological polar surface area (TPSA) is 53.0 Å². The Balaban J connectivity index is 0.00000272. The van der Waals surface area contributed by atoms with Crippen molar-refractivity contribution in [1.29, 1.82) is 0 Å². The number of aliphatic hydroxyl groups is 1. The minimum Gasteiger partial charge on any atom is -1.00 e. The fourth-order valence-electron chi connectivity index (χ4n) is 4.56. The largest absolute Gasteiger partial charge is 1.00 e. The Kier molecular flexibility index (Phi) is 7.31. The van der Waals surface area contributed by atoms with E-state index in [0.29, 0.717) is 12.1 Å². The van der Waals surface area contributed by atoms with Gasteiger partial charge in [-0.2, -0.15) is 0 Å². The van der Waals surface area contributed by atoms with Gasteiger partial charge in [0.2, 0.25) is 5.92 Å². The number of esters is 1. The standard InChI is InChI=1S/C23H30F2N2O3.BrH/c1-17-26(11-12-27(17)16-18-7-8-18)13-14-30-21(28)23(29,19-5-3-2-4-6-19)20-9-10-22(24,25)15-20;/h2-6,11-12,17-18,20,29H,7-10,13-16H2,1H3;1H/p-1/t17?,20-,23+;/m1./s1. The average molecular weight is 500 g/mol. The molecule has 1 aromatic rings. The zero-order valence-corrected chi connectivity index (χ0v) is 19.3. The van der Waals surface area contributed by atoms with Crippen LogP contribution in [0.2, 0.25) is 0 Å². The van der Waals surface area contributed by atoms with Crippen LogP contribution in [-0.2, 0) is 15.1 Å². The van der Waals surface area contributed by atoms with Crippen molar-refractivity contribution in [2.24, 2.45) is 11.8 Å². The van der Waals surface area contributed by atoms with Crippen LogP contribution >= 0.6 is 0 Å². The molecule has 8 heteroatoms. The molecule has 4 rings (SSSR count). The monoisotopic (exact) mass is 499 g/mol. The highest BCUT2D eigenvalue weighted by Gasteiger charge is 2.54. The summed E-state index contributed by atoms with van der Waals surface area (Å²) in [5, 5.41) is 11.3. The minimum atomic E-state index is -2.87. The van der Waals surface area contributed by atoms with Gasteiger partial charge >= 0.3 is 5.97 Å². The van der Waals surface area contributed by atoms with Gasteiger partial charge in [-0.25, -0.2) is 13.6 Å². The smallest absolute Gasteiger partial charge is 0.343 e. The lowest BCUT2D eigenvalue weighted by molar-refractivity contribution is -0.175. The number of hydrogen-bond donors (Lipinski definition) is 1. The second kappa shape index (κ2) is 9.45. The molecule has 0 radical (unpaired) electrons. The first kappa shape index (κ1) is 24.0. The molecule has 3 atom stereocenters. The summed E-state index contributed by atoms with van der Waals surface area (Å²) in [6.07, 6.45) is 6.04. The fraction of sp³-hybridized carbons (Fsp3) is 0.609. The first-order valence-corrected chi connectivity index (χ1v) is 10.8. The van der Waals surface area contributed by atoms with Crippen LogP contribution in [0.3, 0.4) is 0 Å². The first-order chi connectivity index (χ1) is 14.3. The number of carbonyl (C=O) groups is 1. The van der Waals surface area contributed by atoms with Crippen LogP contribution < -0.4 is 17.0 Å². The molecule has 172 valence electrons.